The lowest BCUT2D eigenvalue weighted by Crippen LogP contribution is -2.40. The molecule has 2 rings (SSSR count). The van der Waals surface area contributed by atoms with Crippen LogP contribution in [0.15, 0.2) is 48.5 Å². The average Bonchev–Trinajstić information content (AvgIpc) is 2.91. The van der Waals surface area contributed by atoms with Gasteiger partial charge in [-0.1, -0.05) is 23.7 Å². The smallest absolute Gasteiger partial charge is 0.325 e. The molecule has 0 radical (unpaired) electrons. The van der Waals surface area contributed by atoms with E-state index in [2.05, 4.69) is 47.4 Å². The van der Waals surface area contributed by atoms with Gasteiger partial charge in [-0.25, -0.2) is 0 Å². The second kappa shape index (κ2) is 13.7. The number of hydrogen-bond donors (Lipinski definition) is 0. The standard InChI is InChI=1S/C29H24O6/c1-32-25-17-13-23(14-18-25)11-7-5-9-21-29(27(30)34-3,28(31)35-4)22-10-6-8-12-24-15-19-26(33-2)20-16-24/h13-20H,21-22H2,1-4H3. The molecule has 0 heterocycles. The van der Waals surface area contributed by atoms with E-state index in [0.717, 1.165) is 22.6 Å². The highest BCUT2D eigenvalue weighted by atomic mass is 16.5. The molecule has 2 aromatic carbocycles. The van der Waals surface area contributed by atoms with Gasteiger partial charge in [-0.05, 0) is 72.2 Å². The van der Waals surface area contributed by atoms with Crippen molar-refractivity contribution in [2.75, 3.05) is 28.4 Å². The molecule has 35 heavy (non-hydrogen) atoms. The van der Waals surface area contributed by atoms with Crippen molar-refractivity contribution in [1.29, 1.82) is 0 Å². The zero-order valence-electron chi connectivity index (χ0n) is 20.0. The van der Waals surface area contributed by atoms with E-state index in [1.165, 1.54) is 14.2 Å². The van der Waals surface area contributed by atoms with Gasteiger partial charge in [0, 0.05) is 24.0 Å². The average molecular weight is 469 g/mol. The van der Waals surface area contributed by atoms with Gasteiger partial charge in [-0.15, -0.1) is 0 Å². The number of hydrogen-bond acceptors (Lipinski definition) is 6. The van der Waals surface area contributed by atoms with Gasteiger partial charge >= 0.3 is 11.9 Å². The van der Waals surface area contributed by atoms with E-state index < -0.39 is 17.4 Å². The summed E-state index contributed by atoms with van der Waals surface area (Å²) in [5.41, 5.74) is -0.227. The number of benzene rings is 2. The minimum atomic E-state index is -1.72. The van der Waals surface area contributed by atoms with Crippen LogP contribution < -0.4 is 9.47 Å². The fourth-order valence-electron chi connectivity index (χ4n) is 2.86. The molecule has 0 spiro atoms. The first-order chi connectivity index (χ1) is 17.0. The third-order valence-electron chi connectivity index (χ3n) is 4.83. The molecule has 0 aliphatic rings. The lowest BCUT2D eigenvalue weighted by molar-refractivity contribution is -0.168. The molecule has 0 saturated carbocycles. The predicted molar refractivity (Wildman–Crippen MR) is 131 cm³/mol. The molecule has 6 heteroatoms. The fourth-order valence-corrected chi connectivity index (χ4v) is 2.86. The Morgan fingerprint density at radius 2 is 1.00 bits per heavy atom. The van der Waals surface area contributed by atoms with Crippen LogP contribution >= 0.6 is 0 Å². The van der Waals surface area contributed by atoms with E-state index in [1.54, 1.807) is 62.8 Å². The summed E-state index contributed by atoms with van der Waals surface area (Å²) in [6.07, 6.45) is -0.353. The predicted octanol–water partition coefficient (Wildman–Crippen LogP) is 3.23. The van der Waals surface area contributed by atoms with Crippen molar-refractivity contribution in [3.05, 3.63) is 59.7 Å². The van der Waals surface area contributed by atoms with Gasteiger partial charge in [-0.2, -0.15) is 0 Å². The van der Waals surface area contributed by atoms with Gasteiger partial charge in [0.15, 0.2) is 5.41 Å². The van der Waals surface area contributed by atoms with Crippen molar-refractivity contribution in [1.82, 2.24) is 0 Å². The maximum Gasteiger partial charge on any atom is 0.325 e. The van der Waals surface area contributed by atoms with E-state index in [0.29, 0.717) is 0 Å². The minimum absolute atomic E-state index is 0.176. The molecule has 0 atom stereocenters. The first kappa shape index (κ1) is 26.5. The monoisotopic (exact) mass is 468 g/mol. The van der Waals surface area contributed by atoms with Crippen LogP contribution in [0.3, 0.4) is 0 Å². The Morgan fingerprint density at radius 1 is 0.629 bits per heavy atom. The van der Waals surface area contributed by atoms with Gasteiger partial charge < -0.3 is 18.9 Å². The van der Waals surface area contributed by atoms with Crippen LogP contribution in [-0.2, 0) is 19.1 Å². The fraction of sp³-hybridized carbons (Fsp3) is 0.241. The van der Waals surface area contributed by atoms with Crippen molar-refractivity contribution in [2.45, 2.75) is 12.8 Å². The van der Waals surface area contributed by atoms with E-state index in [-0.39, 0.29) is 12.8 Å². The van der Waals surface area contributed by atoms with Gasteiger partial charge in [-0.3, -0.25) is 9.59 Å². The number of carbonyl (C=O) groups excluding carboxylic acids is 2. The Kier molecular flexibility index (Phi) is 10.4. The topological polar surface area (TPSA) is 71.1 Å². The summed E-state index contributed by atoms with van der Waals surface area (Å²) in [7, 11) is 5.54. The lowest BCUT2D eigenvalue weighted by Gasteiger charge is -2.23. The van der Waals surface area contributed by atoms with Crippen LogP contribution in [0.4, 0.5) is 0 Å². The largest absolute Gasteiger partial charge is 0.497 e. The minimum Gasteiger partial charge on any atom is -0.497 e. The molecule has 0 bridgehead atoms. The van der Waals surface area contributed by atoms with Crippen LogP contribution in [0.1, 0.15) is 24.0 Å². The molecule has 0 amide bonds. The highest BCUT2D eigenvalue weighted by molar-refractivity contribution is 6.00. The highest BCUT2D eigenvalue weighted by Gasteiger charge is 2.47. The summed E-state index contributed by atoms with van der Waals surface area (Å²) in [6.45, 7) is 0. The number of esters is 2. The number of methoxy groups -OCH3 is 4. The molecule has 0 aliphatic carbocycles. The lowest BCUT2D eigenvalue weighted by atomic mass is 9.81. The molecular weight excluding hydrogens is 444 g/mol. The SMILES string of the molecule is COC(=O)C(CC#CC#Cc1ccc(OC)cc1)(CC#CC#Cc1ccc(OC)cc1)C(=O)OC. The Labute approximate surface area is 205 Å². The van der Waals surface area contributed by atoms with Crippen molar-refractivity contribution in [2.24, 2.45) is 5.41 Å². The summed E-state index contributed by atoms with van der Waals surface area (Å²) in [6, 6.07) is 14.3. The normalized spacial score (nSPS) is 9.26. The molecule has 0 fully saturated rings. The molecule has 176 valence electrons. The summed E-state index contributed by atoms with van der Waals surface area (Å²) < 4.78 is 19.9. The zero-order chi connectivity index (χ0) is 25.5. The zero-order valence-corrected chi connectivity index (χ0v) is 20.0. The summed E-state index contributed by atoms with van der Waals surface area (Å²) in [5, 5.41) is 0. The Hall–Kier alpha value is -4.78. The van der Waals surface area contributed by atoms with Crippen LogP contribution in [0.2, 0.25) is 0 Å². The molecule has 6 nitrogen and oxygen atoms in total. The number of rotatable bonds is 6. The molecule has 0 saturated heterocycles. The van der Waals surface area contributed by atoms with Gasteiger partial charge in [0.05, 0.1) is 28.4 Å². The second-order valence-corrected chi connectivity index (χ2v) is 6.98. The maximum atomic E-state index is 12.6. The second-order valence-electron chi connectivity index (χ2n) is 6.98. The molecule has 2 aromatic rings. The van der Waals surface area contributed by atoms with Crippen LogP contribution in [0, 0.1) is 52.8 Å². The molecule has 0 N–H and O–H groups in total. The van der Waals surface area contributed by atoms with Crippen molar-refractivity contribution < 1.29 is 28.5 Å². The van der Waals surface area contributed by atoms with Crippen LogP contribution in [0.5, 0.6) is 11.5 Å². The summed E-state index contributed by atoms with van der Waals surface area (Å²) in [4.78, 5) is 25.1. The van der Waals surface area contributed by atoms with Crippen molar-refractivity contribution in [3.63, 3.8) is 0 Å². The first-order valence-corrected chi connectivity index (χ1v) is 10.4. The Bertz CT molecular complexity index is 1170. The Balaban J connectivity index is 2.20. The number of carbonyl (C=O) groups is 2. The van der Waals surface area contributed by atoms with Gasteiger partial charge in [0.1, 0.15) is 11.5 Å². The first-order valence-electron chi connectivity index (χ1n) is 10.4. The quantitative estimate of drug-likeness (QED) is 0.368. The number of ether oxygens (including phenoxy) is 4. The highest BCUT2D eigenvalue weighted by Crippen LogP contribution is 2.29. The van der Waals surface area contributed by atoms with Crippen molar-refractivity contribution in [3.8, 4) is 58.9 Å². The van der Waals surface area contributed by atoms with Gasteiger partial charge in [0.25, 0.3) is 0 Å². The molecular formula is C29H24O6. The third-order valence-corrected chi connectivity index (χ3v) is 4.83. The van der Waals surface area contributed by atoms with Crippen LogP contribution in [-0.4, -0.2) is 40.4 Å². The van der Waals surface area contributed by atoms with Crippen LogP contribution in [0.25, 0.3) is 0 Å². The van der Waals surface area contributed by atoms with Gasteiger partial charge in [0.2, 0.25) is 0 Å². The molecule has 0 aliphatic heterocycles. The third kappa shape index (κ3) is 7.64. The molecule has 0 aromatic heterocycles. The maximum absolute atomic E-state index is 12.6. The molecule has 0 unspecified atom stereocenters. The van der Waals surface area contributed by atoms with E-state index in [4.69, 9.17) is 18.9 Å². The Morgan fingerprint density at radius 3 is 1.31 bits per heavy atom. The summed E-state index contributed by atoms with van der Waals surface area (Å²) >= 11 is 0. The van der Waals surface area contributed by atoms with E-state index in [9.17, 15) is 9.59 Å². The van der Waals surface area contributed by atoms with E-state index >= 15 is 0 Å². The summed E-state index contributed by atoms with van der Waals surface area (Å²) in [5.74, 6) is 21.9. The van der Waals surface area contributed by atoms with E-state index in [1.807, 2.05) is 0 Å². The van der Waals surface area contributed by atoms with Crippen molar-refractivity contribution >= 4 is 11.9 Å².